The summed E-state index contributed by atoms with van der Waals surface area (Å²) in [6.45, 7) is 4.03. The molecule has 0 unspecified atom stereocenters. The van der Waals surface area contributed by atoms with Crippen molar-refractivity contribution in [3.8, 4) is 0 Å². The summed E-state index contributed by atoms with van der Waals surface area (Å²) in [4.78, 5) is 0.213. The molecule has 0 fully saturated rings. The molecule has 0 bridgehead atoms. The predicted octanol–water partition coefficient (Wildman–Crippen LogP) is 1.90. The maximum absolute atomic E-state index is 12.3. The van der Waals surface area contributed by atoms with Gasteiger partial charge in [-0.15, -0.1) is 0 Å². The molecule has 2 rings (SSSR count). The Hall–Kier alpha value is -1.38. The van der Waals surface area contributed by atoms with Gasteiger partial charge in [-0.05, 0) is 19.8 Å². The van der Waals surface area contributed by atoms with Gasteiger partial charge in [-0.2, -0.15) is 10.2 Å². The number of aromatic nitrogens is 4. The molecule has 0 aliphatic rings. The summed E-state index contributed by atoms with van der Waals surface area (Å²) in [5, 5.41) is 8.80. The van der Waals surface area contributed by atoms with E-state index in [1.807, 2.05) is 6.92 Å². The summed E-state index contributed by atoms with van der Waals surface area (Å²) in [6.07, 6.45) is 6.30. The topological polar surface area (TPSA) is 81.8 Å². The van der Waals surface area contributed by atoms with Crippen molar-refractivity contribution >= 4 is 21.6 Å². The van der Waals surface area contributed by atoms with Gasteiger partial charge in [0.15, 0.2) is 0 Å². The number of rotatable bonds is 7. The predicted molar refractivity (Wildman–Crippen MR) is 84.3 cm³/mol. The summed E-state index contributed by atoms with van der Waals surface area (Å²) in [5.41, 5.74) is 0.487. The van der Waals surface area contributed by atoms with Crippen LogP contribution in [0, 0.1) is 6.92 Å². The second kappa shape index (κ2) is 6.80. The van der Waals surface area contributed by atoms with Crippen LogP contribution >= 0.6 is 11.6 Å². The SMILES string of the molecule is CC[C@H](CCNS(=O)(=O)c1cn(C)nc1C)n1cc(Cl)cn1. The van der Waals surface area contributed by atoms with E-state index in [2.05, 4.69) is 14.9 Å². The van der Waals surface area contributed by atoms with Gasteiger partial charge in [0.1, 0.15) is 4.90 Å². The van der Waals surface area contributed by atoms with Crippen LogP contribution in [0.25, 0.3) is 0 Å². The number of halogens is 1. The molecule has 122 valence electrons. The van der Waals surface area contributed by atoms with E-state index in [9.17, 15) is 8.42 Å². The highest BCUT2D eigenvalue weighted by Gasteiger charge is 2.20. The Bertz CT molecular complexity index is 737. The third kappa shape index (κ3) is 3.88. The molecule has 2 aromatic heterocycles. The van der Waals surface area contributed by atoms with Crippen LogP contribution in [0.4, 0.5) is 0 Å². The number of hydrogen-bond donors (Lipinski definition) is 1. The van der Waals surface area contributed by atoms with Gasteiger partial charge < -0.3 is 0 Å². The molecule has 0 saturated heterocycles. The fourth-order valence-electron chi connectivity index (χ4n) is 2.32. The molecule has 0 aliphatic carbocycles. The smallest absolute Gasteiger partial charge is 0.243 e. The average molecular weight is 346 g/mol. The third-order valence-corrected chi connectivity index (χ3v) is 5.20. The molecular formula is C13H20ClN5O2S. The molecule has 9 heteroatoms. The van der Waals surface area contributed by atoms with E-state index in [1.165, 1.54) is 10.9 Å². The number of sulfonamides is 1. The lowest BCUT2D eigenvalue weighted by atomic mass is 10.1. The van der Waals surface area contributed by atoms with Crippen molar-refractivity contribution in [3.63, 3.8) is 0 Å². The maximum Gasteiger partial charge on any atom is 0.243 e. The van der Waals surface area contributed by atoms with E-state index in [1.54, 1.807) is 31.0 Å². The Morgan fingerprint density at radius 2 is 2.14 bits per heavy atom. The molecule has 0 amide bonds. The minimum Gasteiger partial charge on any atom is -0.274 e. The van der Waals surface area contributed by atoms with Crippen LogP contribution in [0.15, 0.2) is 23.5 Å². The van der Waals surface area contributed by atoms with E-state index in [0.717, 1.165) is 6.42 Å². The van der Waals surface area contributed by atoms with Crippen LogP contribution < -0.4 is 4.72 Å². The lowest BCUT2D eigenvalue weighted by Gasteiger charge is -2.15. The van der Waals surface area contributed by atoms with Crippen molar-refractivity contribution in [2.24, 2.45) is 7.05 Å². The molecule has 0 spiro atoms. The Morgan fingerprint density at radius 1 is 1.41 bits per heavy atom. The molecular weight excluding hydrogens is 326 g/mol. The zero-order valence-electron chi connectivity index (χ0n) is 12.8. The molecule has 0 aromatic carbocycles. The van der Waals surface area contributed by atoms with Crippen molar-refractivity contribution in [3.05, 3.63) is 29.3 Å². The Labute approximate surface area is 135 Å². The zero-order chi connectivity index (χ0) is 16.3. The monoisotopic (exact) mass is 345 g/mol. The Morgan fingerprint density at radius 3 is 2.64 bits per heavy atom. The van der Waals surface area contributed by atoms with Gasteiger partial charge in [-0.25, -0.2) is 13.1 Å². The van der Waals surface area contributed by atoms with Crippen LogP contribution in [0.5, 0.6) is 0 Å². The fourth-order valence-corrected chi connectivity index (χ4v) is 3.72. The lowest BCUT2D eigenvalue weighted by molar-refractivity contribution is 0.412. The molecule has 7 nitrogen and oxygen atoms in total. The first-order valence-electron chi connectivity index (χ1n) is 7.03. The highest BCUT2D eigenvalue weighted by Crippen LogP contribution is 2.18. The summed E-state index contributed by atoms with van der Waals surface area (Å²) in [5.74, 6) is 0. The minimum atomic E-state index is -3.54. The summed E-state index contributed by atoms with van der Waals surface area (Å²) in [7, 11) is -1.85. The highest BCUT2D eigenvalue weighted by atomic mass is 35.5. The Kier molecular flexibility index (Phi) is 5.25. The molecule has 2 heterocycles. The standard InChI is InChI=1S/C13H20ClN5O2S/c1-4-12(19-8-11(14)7-15-19)5-6-16-22(20,21)13-9-18(3)17-10(13)2/h7-9,12,16H,4-6H2,1-3H3/t12-/m1/s1. The van der Waals surface area contributed by atoms with E-state index >= 15 is 0 Å². The van der Waals surface area contributed by atoms with E-state index in [-0.39, 0.29) is 10.9 Å². The van der Waals surface area contributed by atoms with Gasteiger partial charge in [-0.3, -0.25) is 9.36 Å². The third-order valence-electron chi connectivity index (χ3n) is 3.44. The van der Waals surface area contributed by atoms with Crippen LogP contribution in [0.3, 0.4) is 0 Å². The molecule has 0 saturated carbocycles. The quantitative estimate of drug-likeness (QED) is 0.830. The van der Waals surface area contributed by atoms with Crippen LogP contribution in [-0.4, -0.2) is 34.5 Å². The van der Waals surface area contributed by atoms with Gasteiger partial charge >= 0.3 is 0 Å². The van der Waals surface area contributed by atoms with Crippen LogP contribution in [-0.2, 0) is 17.1 Å². The number of hydrogen-bond acceptors (Lipinski definition) is 4. The van der Waals surface area contributed by atoms with Crippen molar-refractivity contribution < 1.29 is 8.42 Å². The number of nitrogens with zero attached hydrogens (tertiary/aromatic N) is 4. The van der Waals surface area contributed by atoms with Crippen molar-refractivity contribution in [1.29, 1.82) is 0 Å². The summed E-state index contributed by atoms with van der Waals surface area (Å²) < 4.78 is 30.4. The van der Waals surface area contributed by atoms with Gasteiger partial charge in [0, 0.05) is 26.0 Å². The number of nitrogens with one attached hydrogen (secondary N) is 1. The van der Waals surface area contributed by atoms with Crippen LogP contribution in [0.2, 0.25) is 5.02 Å². The lowest BCUT2D eigenvalue weighted by Crippen LogP contribution is -2.27. The van der Waals surface area contributed by atoms with E-state index < -0.39 is 10.0 Å². The highest BCUT2D eigenvalue weighted by molar-refractivity contribution is 7.89. The summed E-state index contributed by atoms with van der Waals surface area (Å²) in [6, 6.07) is 0.102. The van der Waals surface area contributed by atoms with Crippen molar-refractivity contribution in [2.45, 2.75) is 37.6 Å². The molecule has 22 heavy (non-hydrogen) atoms. The molecule has 1 atom stereocenters. The fraction of sp³-hybridized carbons (Fsp3) is 0.538. The molecule has 0 aliphatic heterocycles. The molecule has 0 radical (unpaired) electrons. The first kappa shape index (κ1) is 17.0. The normalized spacial score (nSPS) is 13.5. The van der Waals surface area contributed by atoms with Crippen molar-refractivity contribution in [2.75, 3.05) is 6.54 Å². The minimum absolute atomic E-state index is 0.102. The first-order valence-corrected chi connectivity index (χ1v) is 8.89. The number of aryl methyl sites for hydroxylation is 2. The van der Waals surface area contributed by atoms with Gasteiger partial charge in [0.25, 0.3) is 0 Å². The van der Waals surface area contributed by atoms with E-state index in [0.29, 0.717) is 23.7 Å². The maximum atomic E-state index is 12.3. The Balaban J connectivity index is 1.99. The second-order valence-electron chi connectivity index (χ2n) is 5.14. The van der Waals surface area contributed by atoms with Gasteiger partial charge in [0.05, 0.1) is 23.0 Å². The van der Waals surface area contributed by atoms with Crippen LogP contribution in [0.1, 0.15) is 31.5 Å². The van der Waals surface area contributed by atoms with Gasteiger partial charge in [0.2, 0.25) is 10.0 Å². The van der Waals surface area contributed by atoms with E-state index in [4.69, 9.17) is 11.6 Å². The molecule has 1 N–H and O–H groups in total. The molecule has 2 aromatic rings. The summed E-state index contributed by atoms with van der Waals surface area (Å²) >= 11 is 5.86. The first-order chi connectivity index (χ1) is 10.3. The average Bonchev–Trinajstić information content (AvgIpc) is 3.01. The largest absolute Gasteiger partial charge is 0.274 e. The second-order valence-corrected chi connectivity index (χ2v) is 7.31. The zero-order valence-corrected chi connectivity index (χ0v) is 14.4. The van der Waals surface area contributed by atoms with Crippen molar-refractivity contribution in [1.82, 2.24) is 24.3 Å². The van der Waals surface area contributed by atoms with Gasteiger partial charge in [-0.1, -0.05) is 18.5 Å².